The number of carbonyl (C=O) groups is 2. The molecule has 176 valence electrons. The normalized spacial score (nSPS) is 11.6. The quantitative estimate of drug-likeness (QED) is 0.330. The molecule has 2 N–H and O–H groups in total. The topological polar surface area (TPSA) is 137 Å². The molecule has 0 radical (unpaired) electrons. The van der Waals surface area contributed by atoms with E-state index in [1.165, 1.54) is 18.7 Å². The summed E-state index contributed by atoms with van der Waals surface area (Å²) in [6, 6.07) is -0.636. The lowest BCUT2D eigenvalue weighted by Crippen LogP contribution is -2.41. The van der Waals surface area contributed by atoms with Crippen molar-refractivity contribution in [2.45, 2.75) is 51.1 Å². The molecule has 11 nitrogen and oxygen atoms in total. The molecule has 0 aliphatic carbocycles. The lowest BCUT2D eigenvalue weighted by molar-refractivity contribution is -0.117. The van der Waals surface area contributed by atoms with Crippen LogP contribution in [0.15, 0.2) is 14.6 Å². The molecule has 12 heteroatoms. The summed E-state index contributed by atoms with van der Waals surface area (Å²) in [6.07, 6.45) is 0.672. The van der Waals surface area contributed by atoms with Gasteiger partial charge in [0.15, 0.2) is 5.65 Å². The minimum Gasteiger partial charge on any atom is -0.383 e. The SMILES string of the molecule is CCCn1c(=O)n(C)c(=O)c2c(SCC(=O)NC(=O)NCCOC)nc(C(C)(C)C)nc21. The molecule has 2 rings (SSSR count). The van der Waals surface area contributed by atoms with Gasteiger partial charge in [-0.15, -0.1) is 0 Å². The third-order valence-electron chi connectivity index (χ3n) is 4.45. The number of hydrogen-bond donors (Lipinski definition) is 2. The fraction of sp³-hybridized carbons (Fsp3) is 0.600. The van der Waals surface area contributed by atoms with Crippen molar-refractivity contribution in [1.29, 1.82) is 0 Å². The Hall–Kier alpha value is -2.73. The van der Waals surface area contributed by atoms with E-state index in [0.717, 1.165) is 16.3 Å². The molecular formula is C20H30N6O5S. The Labute approximate surface area is 190 Å². The van der Waals surface area contributed by atoms with Crippen molar-refractivity contribution in [3.63, 3.8) is 0 Å². The standard InChI is InChI=1S/C20H30N6O5S/c1-7-9-26-14-13(16(28)25(5)19(26)30)15(24-17(23-14)20(2,3)4)32-11-12(27)22-18(29)21-8-10-31-6/h7-11H2,1-6H3,(H2,21,22,27,29). The summed E-state index contributed by atoms with van der Waals surface area (Å²) in [5.41, 5.74) is -1.19. The number of imide groups is 1. The molecule has 32 heavy (non-hydrogen) atoms. The van der Waals surface area contributed by atoms with Gasteiger partial charge in [0.05, 0.1) is 12.4 Å². The molecule has 0 spiro atoms. The van der Waals surface area contributed by atoms with Gasteiger partial charge in [-0.05, 0) is 6.42 Å². The largest absolute Gasteiger partial charge is 0.383 e. The second-order valence-electron chi connectivity index (χ2n) is 8.18. The predicted molar refractivity (Wildman–Crippen MR) is 122 cm³/mol. The van der Waals surface area contributed by atoms with Crippen molar-refractivity contribution in [3.05, 3.63) is 26.7 Å². The Bertz CT molecular complexity index is 1120. The number of urea groups is 1. The van der Waals surface area contributed by atoms with Crippen LogP contribution in [0.25, 0.3) is 11.0 Å². The highest BCUT2D eigenvalue weighted by Gasteiger charge is 2.24. The summed E-state index contributed by atoms with van der Waals surface area (Å²) < 4.78 is 7.32. The zero-order chi connectivity index (χ0) is 24.1. The van der Waals surface area contributed by atoms with E-state index in [1.54, 1.807) is 0 Å². The lowest BCUT2D eigenvalue weighted by Gasteiger charge is -2.20. The van der Waals surface area contributed by atoms with Crippen LogP contribution in [0, 0.1) is 0 Å². The number of amides is 3. The van der Waals surface area contributed by atoms with Gasteiger partial charge < -0.3 is 10.1 Å². The highest BCUT2D eigenvalue weighted by Crippen LogP contribution is 2.27. The molecule has 0 aromatic carbocycles. The van der Waals surface area contributed by atoms with Gasteiger partial charge in [-0.25, -0.2) is 19.6 Å². The molecule has 0 fully saturated rings. The first kappa shape index (κ1) is 25.5. The second-order valence-corrected chi connectivity index (χ2v) is 9.15. The Morgan fingerprint density at radius 3 is 2.47 bits per heavy atom. The number of hydrogen-bond acceptors (Lipinski definition) is 8. The molecule has 0 aliphatic rings. The smallest absolute Gasteiger partial charge is 0.332 e. The van der Waals surface area contributed by atoms with E-state index >= 15 is 0 Å². The molecule has 3 amide bonds. The summed E-state index contributed by atoms with van der Waals surface area (Å²) in [6.45, 7) is 8.65. The van der Waals surface area contributed by atoms with Crippen LogP contribution in [-0.2, 0) is 28.5 Å². The van der Waals surface area contributed by atoms with Crippen molar-refractivity contribution in [2.75, 3.05) is 26.0 Å². The van der Waals surface area contributed by atoms with Crippen molar-refractivity contribution >= 4 is 34.7 Å². The number of carbonyl (C=O) groups excluding carboxylic acids is 2. The predicted octanol–water partition coefficient (Wildman–Crippen LogP) is 0.762. The van der Waals surface area contributed by atoms with E-state index in [0.29, 0.717) is 30.4 Å². The lowest BCUT2D eigenvalue weighted by atomic mass is 9.96. The van der Waals surface area contributed by atoms with Crippen LogP contribution in [0.5, 0.6) is 0 Å². The Kier molecular flexibility index (Phi) is 8.56. The highest BCUT2D eigenvalue weighted by atomic mass is 32.2. The number of nitrogens with one attached hydrogen (secondary N) is 2. The number of methoxy groups -OCH3 is 1. The zero-order valence-corrected chi connectivity index (χ0v) is 20.1. The van der Waals surface area contributed by atoms with E-state index in [4.69, 9.17) is 4.74 Å². The van der Waals surface area contributed by atoms with E-state index in [-0.39, 0.29) is 23.3 Å². The minimum atomic E-state index is -0.636. The maximum atomic E-state index is 12.9. The van der Waals surface area contributed by atoms with Gasteiger partial charge in [-0.1, -0.05) is 39.5 Å². The number of rotatable bonds is 8. The Balaban J connectivity index is 2.46. The summed E-state index contributed by atoms with van der Waals surface area (Å²) in [7, 11) is 2.91. The summed E-state index contributed by atoms with van der Waals surface area (Å²) in [5.74, 6) is -0.251. The fourth-order valence-corrected chi connectivity index (χ4v) is 3.62. The first-order valence-corrected chi connectivity index (χ1v) is 11.2. The summed E-state index contributed by atoms with van der Waals surface area (Å²) in [4.78, 5) is 58.7. The highest BCUT2D eigenvalue weighted by molar-refractivity contribution is 8.00. The second kappa shape index (κ2) is 10.7. The monoisotopic (exact) mass is 466 g/mol. The van der Waals surface area contributed by atoms with Crippen molar-refractivity contribution < 1.29 is 14.3 Å². The number of fused-ring (bicyclic) bond motifs is 1. The van der Waals surface area contributed by atoms with Crippen molar-refractivity contribution in [1.82, 2.24) is 29.7 Å². The van der Waals surface area contributed by atoms with Crippen LogP contribution in [0.4, 0.5) is 4.79 Å². The van der Waals surface area contributed by atoms with Crippen LogP contribution in [-0.4, -0.2) is 57.1 Å². The number of ether oxygens (including phenoxy) is 1. The van der Waals surface area contributed by atoms with Crippen molar-refractivity contribution in [2.24, 2.45) is 7.05 Å². The maximum Gasteiger partial charge on any atom is 0.332 e. The molecule has 2 aromatic rings. The van der Waals surface area contributed by atoms with Crippen LogP contribution in [0.1, 0.15) is 39.9 Å². The molecule has 2 aromatic heterocycles. The van der Waals surface area contributed by atoms with Crippen LogP contribution < -0.4 is 21.9 Å². The fourth-order valence-electron chi connectivity index (χ4n) is 2.81. The van der Waals surface area contributed by atoms with Crippen LogP contribution in [0.2, 0.25) is 0 Å². The maximum absolute atomic E-state index is 12.9. The molecular weight excluding hydrogens is 436 g/mol. The number of aromatic nitrogens is 4. The van der Waals surface area contributed by atoms with Gasteiger partial charge in [0, 0.05) is 32.7 Å². The molecule has 0 bridgehead atoms. The molecule has 0 atom stereocenters. The van der Waals surface area contributed by atoms with E-state index < -0.39 is 28.6 Å². The van der Waals surface area contributed by atoms with E-state index in [9.17, 15) is 19.2 Å². The van der Waals surface area contributed by atoms with Crippen molar-refractivity contribution in [3.8, 4) is 0 Å². The third-order valence-corrected chi connectivity index (χ3v) is 5.43. The average molecular weight is 467 g/mol. The molecule has 0 unspecified atom stereocenters. The van der Waals surface area contributed by atoms with Gasteiger partial charge in [0.2, 0.25) is 5.91 Å². The van der Waals surface area contributed by atoms with Crippen LogP contribution in [0.3, 0.4) is 0 Å². The van der Waals surface area contributed by atoms with Gasteiger partial charge >= 0.3 is 11.7 Å². The van der Waals surface area contributed by atoms with Gasteiger partial charge in [-0.2, -0.15) is 0 Å². The number of thioether (sulfide) groups is 1. The summed E-state index contributed by atoms with van der Waals surface area (Å²) >= 11 is 1.02. The third kappa shape index (κ3) is 5.94. The first-order chi connectivity index (χ1) is 15.0. The van der Waals surface area contributed by atoms with Gasteiger partial charge in [0.1, 0.15) is 16.2 Å². The minimum absolute atomic E-state index is 0.149. The van der Waals surface area contributed by atoms with Gasteiger partial charge in [0.25, 0.3) is 5.56 Å². The Morgan fingerprint density at radius 2 is 1.88 bits per heavy atom. The van der Waals surface area contributed by atoms with E-state index in [1.807, 2.05) is 27.7 Å². The molecule has 0 saturated carbocycles. The molecule has 2 heterocycles. The Morgan fingerprint density at radius 1 is 1.19 bits per heavy atom. The summed E-state index contributed by atoms with van der Waals surface area (Å²) in [5, 5.41) is 5.18. The number of nitrogens with zero attached hydrogens (tertiary/aromatic N) is 4. The van der Waals surface area contributed by atoms with E-state index in [2.05, 4.69) is 20.6 Å². The number of aryl methyl sites for hydroxylation is 1. The van der Waals surface area contributed by atoms with Gasteiger partial charge in [-0.3, -0.25) is 24.0 Å². The first-order valence-electron chi connectivity index (χ1n) is 10.2. The average Bonchev–Trinajstić information content (AvgIpc) is 2.72. The van der Waals surface area contributed by atoms with Crippen LogP contribution >= 0.6 is 11.8 Å². The molecule has 0 aliphatic heterocycles. The molecule has 0 saturated heterocycles. The zero-order valence-electron chi connectivity index (χ0n) is 19.3.